The molecule has 0 saturated carbocycles. The number of aliphatic hydroxyl groups is 3. The van der Waals surface area contributed by atoms with Crippen LogP contribution in [0.1, 0.15) is 30.9 Å². The van der Waals surface area contributed by atoms with Gasteiger partial charge in [0.15, 0.2) is 6.10 Å². The summed E-state index contributed by atoms with van der Waals surface area (Å²) in [4.78, 5) is 11.1. The van der Waals surface area contributed by atoms with Crippen LogP contribution in [0.15, 0.2) is 18.2 Å². The van der Waals surface area contributed by atoms with Gasteiger partial charge in [0.2, 0.25) is 6.29 Å². The highest BCUT2D eigenvalue weighted by Crippen LogP contribution is 2.29. The minimum Gasteiger partial charge on any atom is -0.479 e. The number of hydrogen-bond acceptors (Lipinski definition) is 6. The van der Waals surface area contributed by atoms with Crippen molar-refractivity contribution >= 4 is 5.97 Å². The lowest BCUT2D eigenvalue weighted by Crippen LogP contribution is -2.61. The van der Waals surface area contributed by atoms with Crippen LogP contribution in [0.5, 0.6) is 5.75 Å². The number of aliphatic hydroxyl groups excluding tert-OH is 3. The number of carbonyl (C=O) groups is 1. The Bertz CT molecular complexity index is 572. The van der Waals surface area contributed by atoms with Crippen LogP contribution in [-0.2, 0) is 9.53 Å². The highest BCUT2D eigenvalue weighted by Gasteiger charge is 2.48. The topological polar surface area (TPSA) is 116 Å². The first-order valence-electron chi connectivity index (χ1n) is 7.42. The standard InChI is InChI=1S/C16H22O7/c1-7(2)9-5-4-8(3)10(6-9)22-16-13(19)11(17)12(18)14(23-16)15(20)21/h4-7,11-14,16-19H,1-3H3,(H,20,21)/t11-,12-,13+,14-,16?/m0/s1. The van der Waals surface area contributed by atoms with Crippen LogP contribution in [0.3, 0.4) is 0 Å². The van der Waals surface area contributed by atoms with Crippen LogP contribution >= 0.6 is 0 Å². The summed E-state index contributed by atoms with van der Waals surface area (Å²) in [5.74, 6) is -0.757. The van der Waals surface area contributed by atoms with Crippen LogP contribution in [-0.4, -0.2) is 57.1 Å². The average molecular weight is 326 g/mol. The van der Waals surface area contributed by atoms with Gasteiger partial charge in [0, 0.05) is 0 Å². The summed E-state index contributed by atoms with van der Waals surface area (Å²) < 4.78 is 10.7. The van der Waals surface area contributed by atoms with Crippen molar-refractivity contribution in [1.82, 2.24) is 0 Å². The Balaban J connectivity index is 2.24. The number of ether oxygens (including phenoxy) is 2. The van der Waals surface area contributed by atoms with E-state index in [9.17, 15) is 20.1 Å². The van der Waals surface area contributed by atoms with Gasteiger partial charge in [0.05, 0.1) is 0 Å². The van der Waals surface area contributed by atoms with Crippen LogP contribution in [0.2, 0.25) is 0 Å². The fourth-order valence-electron chi connectivity index (χ4n) is 2.38. The van der Waals surface area contributed by atoms with Crippen molar-refractivity contribution in [3.63, 3.8) is 0 Å². The number of hydrogen-bond donors (Lipinski definition) is 4. The SMILES string of the molecule is Cc1ccc(C(C)C)cc1OC1O[C@H](C(=O)O)[C@@H](O)[C@H](O)[C@H]1O. The summed E-state index contributed by atoms with van der Waals surface area (Å²) in [7, 11) is 0. The molecular weight excluding hydrogens is 304 g/mol. The van der Waals surface area contributed by atoms with E-state index in [-0.39, 0.29) is 5.92 Å². The summed E-state index contributed by atoms with van der Waals surface area (Å²) in [6, 6.07) is 5.58. The van der Waals surface area contributed by atoms with E-state index >= 15 is 0 Å². The van der Waals surface area contributed by atoms with E-state index in [1.165, 1.54) is 0 Å². The predicted molar refractivity (Wildman–Crippen MR) is 80.2 cm³/mol. The molecule has 23 heavy (non-hydrogen) atoms. The van der Waals surface area contributed by atoms with Crippen LogP contribution < -0.4 is 4.74 Å². The van der Waals surface area contributed by atoms with Gasteiger partial charge >= 0.3 is 5.97 Å². The number of carboxylic acids is 1. The third kappa shape index (κ3) is 3.64. The van der Waals surface area contributed by atoms with E-state index < -0.39 is 36.7 Å². The Morgan fingerprint density at radius 2 is 1.83 bits per heavy atom. The van der Waals surface area contributed by atoms with Gasteiger partial charge in [-0.25, -0.2) is 4.79 Å². The Hall–Kier alpha value is -1.67. The molecule has 128 valence electrons. The summed E-state index contributed by atoms with van der Waals surface area (Å²) >= 11 is 0. The smallest absolute Gasteiger partial charge is 0.335 e. The third-order valence-electron chi connectivity index (χ3n) is 3.93. The van der Waals surface area contributed by atoms with Gasteiger partial charge in [-0.1, -0.05) is 26.0 Å². The highest BCUT2D eigenvalue weighted by atomic mass is 16.7. The molecule has 1 unspecified atom stereocenters. The molecule has 7 nitrogen and oxygen atoms in total. The highest BCUT2D eigenvalue weighted by molar-refractivity contribution is 5.73. The normalized spacial score (nSPS) is 31.2. The zero-order valence-electron chi connectivity index (χ0n) is 13.2. The van der Waals surface area contributed by atoms with Gasteiger partial charge in [0.25, 0.3) is 0 Å². The maximum atomic E-state index is 11.1. The van der Waals surface area contributed by atoms with Crippen LogP contribution in [0.25, 0.3) is 0 Å². The lowest BCUT2D eigenvalue weighted by molar-refractivity contribution is -0.271. The summed E-state index contributed by atoms with van der Waals surface area (Å²) in [6.45, 7) is 5.83. The lowest BCUT2D eigenvalue weighted by atomic mass is 9.98. The van der Waals surface area contributed by atoms with Gasteiger partial charge in [-0.2, -0.15) is 0 Å². The third-order valence-corrected chi connectivity index (χ3v) is 3.93. The maximum absolute atomic E-state index is 11.1. The fraction of sp³-hybridized carbons (Fsp3) is 0.562. The monoisotopic (exact) mass is 326 g/mol. The zero-order valence-corrected chi connectivity index (χ0v) is 13.2. The molecule has 0 amide bonds. The molecule has 0 bridgehead atoms. The van der Waals surface area contributed by atoms with Crippen molar-refractivity contribution in [1.29, 1.82) is 0 Å². The van der Waals surface area contributed by atoms with E-state index in [0.29, 0.717) is 5.75 Å². The number of carboxylic acid groups (broad SMARTS) is 1. The minimum absolute atomic E-state index is 0.259. The predicted octanol–water partition coefficient (Wildman–Crippen LogP) is 0.389. The second kappa shape index (κ2) is 6.84. The van der Waals surface area contributed by atoms with E-state index in [1.54, 1.807) is 13.0 Å². The van der Waals surface area contributed by atoms with E-state index in [1.807, 2.05) is 26.0 Å². The molecule has 2 rings (SSSR count). The minimum atomic E-state index is -1.73. The van der Waals surface area contributed by atoms with Crippen molar-refractivity contribution in [2.75, 3.05) is 0 Å². The molecule has 0 radical (unpaired) electrons. The quantitative estimate of drug-likeness (QED) is 0.632. The second-order valence-electron chi connectivity index (χ2n) is 6.03. The molecule has 1 aromatic rings. The first-order chi connectivity index (χ1) is 10.7. The van der Waals surface area contributed by atoms with Crippen molar-refractivity contribution in [3.05, 3.63) is 29.3 Å². The Morgan fingerprint density at radius 3 is 2.39 bits per heavy atom. The molecule has 0 spiro atoms. The molecule has 1 aliphatic heterocycles. The molecule has 1 saturated heterocycles. The van der Waals surface area contributed by atoms with E-state index in [4.69, 9.17) is 14.6 Å². The Morgan fingerprint density at radius 1 is 1.17 bits per heavy atom. The molecule has 1 aliphatic rings. The van der Waals surface area contributed by atoms with Gasteiger partial charge in [0.1, 0.15) is 24.1 Å². The zero-order chi connectivity index (χ0) is 17.3. The largest absolute Gasteiger partial charge is 0.479 e. The average Bonchev–Trinajstić information content (AvgIpc) is 2.49. The number of aryl methyl sites for hydroxylation is 1. The first-order valence-corrected chi connectivity index (χ1v) is 7.42. The molecule has 0 aromatic heterocycles. The molecule has 7 heteroatoms. The molecule has 5 atom stereocenters. The summed E-state index contributed by atoms with van der Waals surface area (Å²) in [5, 5.41) is 38.5. The van der Waals surface area contributed by atoms with E-state index in [0.717, 1.165) is 11.1 Å². The summed E-state index contributed by atoms with van der Waals surface area (Å²) in [6.07, 6.45) is -8.04. The lowest BCUT2D eigenvalue weighted by Gasteiger charge is -2.38. The molecule has 0 aliphatic carbocycles. The van der Waals surface area contributed by atoms with Gasteiger partial charge in [-0.15, -0.1) is 0 Å². The number of benzene rings is 1. The van der Waals surface area contributed by atoms with Crippen LogP contribution in [0.4, 0.5) is 0 Å². The van der Waals surface area contributed by atoms with Crippen molar-refractivity contribution in [2.45, 2.75) is 57.4 Å². The first kappa shape index (κ1) is 17.7. The second-order valence-corrected chi connectivity index (χ2v) is 6.03. The van der Waals surface area contributed by atoms with Gasteiger partial charge < -0.3 is 29.9 Å². The van der Waals surface area contributed by atoms with Crippen molar-refractivity contribution in [2.24, 2.45) is 0 Å². The van der Waals surface area contributed by atoms with Crippen LogP contribution in [0, 0.1) is 6.92 Å². The van der Waals surface area contributed by atoms with Crippen molar-refractivity contribution in [3.8, 4) is 5.75 Å². The maximum Gasteiger partial charge on any atom is 0.335 e. The number of aliphatic carboxylic acids is 1. The van der Waals surface area contributed by atoms with Crippen molar-refractivity contribution < 1.29 is 34.7 Å². The van der Waals surface area contributed by atoms with Gasteiger partial charge in [-0.05, 0) is 30.0 Å². The Labute approximate surface area is 134 Å². The number of rotatable bonds is 4. The molecular formula is C16H22O7. The molecule has 1 aromatic carbocycles. The summed E-state index contributed by atoms with van der Waals surface area (Å²) in [5.41, 5.74) is 1.78. The fourth-order valence-corrected chi connectivity index (χ4v) is 2.38. The Kier molecular flexibility index (Phi) is 5.26. The molecule has 4 N–H and O–H groups in total. The molecule has 1 fully saturated rings. The van der Waals surface area contributed by atoms with E-state index in [2.05, 4.69) is 0 Å². The molecule has 1 heterocycles. The van der Waals surface area contributed by atoms with Gasteiger partial charge in [-0.3, -0.25) is 0 Å².